The van der Waals surface area contributed by atoms with Crippen LogP contribution in [0.25, 0.3) is 22.5 Å². The van der Waals surface area contributed by atoms with Gasteiger partial charge in [-0.15, -0.1) is 0 Å². The molecule has 158 valence electrons. The van der Waals surface area contributed by atoms with Gasteiger partial charge in [-0.05, 0) is 23.6 Å². The molecule has 0 bridgehead atoms. The predicted molar refractivity (Wildman–Crippen MR) is 107 cm³/mol. The van der Waals surface area contributed by atoms with Crippen molar-refractivity contribution in [3.05, 3.63) is 58.8 Å². The van der Waals surface area contributed by atoms with Gasteiger partial charge in [-0.1, -0.05) is 29.4 Å². The fourth-order valence-corrected chi connectivity index (χ4v) is 3.94. The number of aromatic nitrogens is 3. The first kappa shape index (κ1) is 21.4. The summed E-state index contributed by atoms with van der Waals surface area (Å²) in [6, 6.07) is 10.4. The number of hydrogen-bond acceptors (Lipinski definition) is 8. The molecule has 10 nitrogen and oxygen atoms in total. The zero-order chi connectivity index (χ0) is 21.9. The fourth-order valence-electron chi connectivity index (χ4n) is 2.97. The Labute approximate surface area is 172 Å². The summed E-state index contributed by atoms with van der Waals surface area (Å²) in [5.74, 6) is -0.0897. The molecule has 2 aromatic heterocycles. The topological polar surface area (TPSA) is 144 Å². The SMILES string of the molecule is Cc1nc(-c2ccc(-c3ccn(CCC(C(=O)NO)S(C)(=O)=O)c(=O)c3)cc2)no1. The summed E-state index contributed by atoms with van der Waals surface area (Å²) in [5.41, 5.74) is 3.26. The van der Waals surface area contributed by atoms with Crippen molar-refractivity contribution in [3.8, 4) is 22.5 Å². The first-order valence-electron chi connectivity index (χ1n) is 8.93. The van der Waals surface area contributed by atoms with Crippen molar-refractivity contribution < 1.29 is 22.9 Å². The number of nitrogens with zero attached hydrogens (tertiary/aromatic N) is 3. The van der Waals surface area contributed by atoms with Crippen molar-refractivity contribution in [3.63, 3.8) is 0 Å². The second-order valence-electron chi connectivity index (χ2n) is 6.74. The van der Waals surface area contributed by atoms with Gasteiger partial charge in [0.15, 0.2) is 9.84 Å². The molecule has 0 aliphatic rings. The van der Waals surface area contributed by atoms with Gasteiger partial charge >= 0.3 is 0 Å². The van der Waals surface area contributed by atoms with Gasteiger partial charge in [-0.25, -0.2) is 13.9 Å². The van der Waals surface area contributed by atoms with Crippen molar-refractivity contribution in [2.75, 3.05) is 6.26 Å². The van der Waals surface area contributed by atoms with E-state index in [2.05, 4.69) is 10.1 Å². The first-order valence-corrected chi connectivity index (χ1v) is 10.9. The van der Waals surface area contributed by atoms with Crippen LogP contribution in [-0.4, -0.2) is 45.7 Å². The van der Waals surface area contributed by atoms with Gasteiger partial charge in [-0.2, -0.15) is 4.98 Å². The molecule has 0 saturated heterocycles. The molecule has 11 heteroatoms. The normalized spacial score (nSPS) is 12.5. The van der Waals surface area contributed by atoms with Gasteiger partial charge in [0, 0.05) is 37.6 Å². The molecule has 30 heavy (non-hydrogen) atoms. The molecule has 2 N–H and O–H groups in total. The Hall–Kier alpha value is -3.31. The Morgan fingerprint density at radius 1 is 1.20 bits per heavy atom. The van der Waals surface area contributed by atoms with Crippen molar-refractivity contribution in [1.29, 1.82) is 0 Å². The van der Waals surface area contributed by atoms with Crippen LogP contribution in [0.2, 0.25) is 0 Å². The highest BCUT2D eigenvalue weighted by atomic mass is 32.2. The molecule has 1 unspecified atom stereocenters. The van der Waals surface area contributed by atoms with Crippen LogP contribution >= 0.6 is 0 Å². The van der Waals surface area contributed by atoms with Crippen molar-refractivity contribution in [2.45, 2.75) is 25.1 Å². The standard InChI is InChI=1S/C19H20N4O6S/c1-12-20-18(22-29-12)14-5-3-13(4-6-14)15-7-9-23(17(24)11-15)10-8-16(19(25)21-26)30(2,27)28/h3-7,9,11,16,26H,8,10H2,1-2H3,(H,21,25). The predicted octanol–water partition coefficient (Wildman–Crippen LogP) is 1.18. The Balaban J connectivity index is 1.76. The van der Waals surface area contributed by atoms with Crippen LogP contribution in [0, 0.1) is 6.92 Å². The van der Waals surface area contributed by atoms with Crippen LogP contribution in [0.15, 0.2) is 51.9 Å². The van der Waals surface area contributed by atoms with Crippen LogP contribution in [0.3, 0.4) is 0 Å². The molecule has 2 heterocycles. The molecule has 1 atom stereocenters. The lowest BCUT2D eigenvalue weighted by molar-refractivity contribution is -0.128. The maximum atomic E-state index is 12.4. The minimum atomic E-state index is -3.74. The molecule has 1 aromatic carbocycles. The number of pyridine rings is 1. The highest BCUT2D eigenvalue weighted by Gasteiger charge is 2.28. The second kappa shape index (κ2) is 8.59. The number of hydrogen-bond donors (Lipinski definition) is 2. The smallest absolute Gasteiger partial charge is 0.261 e. The molecular formula is C19H20N4O6S. The maximum absolute atomic E-state index is 12.4. The van der Waals surface area contributed by atoms with E-state index in [-0.39, 0.29) is 18.5 Å². The van der Waals surface area contributed by atoms with Gasteiger partial charge < -0.3 is 9.09 Å². The van der Waals surface area contributed by atoms with Crippen LogP contribution in [0.1, 0.15) is 12.3 Å². The number of carbonyl (C=O) groups is 1. The zero-order valence-corrected chi connectivity index (χ0v) is 17.1. The Morgan fingerprint density at radius 3 is 2.40 bits per heavy atom. The van der Waals surface area contributed by atoms with E-state index in [1.54, 1.807) is 13.0 Å². The summed E-state index contributed by atoms with van der Waals surface area (Å²) in [6.07, 6.45) is 2.28. The molecule has 0 radical (unpaired) electrons. The zero-order valence-electron chi connectivity index (χ0n) is 16.3. The number of amides is 1. The lowest BCUT2D eigenvalue weighted by atomic mass is 10.0. The number of carbonyl (C=O) groups excluding carboxylic acids is 1. The van der Waals surface area contributed by atoms with E-state index in [0.717, 1.165) is 17.4 Å². The molecule has 0 aliphatic carbocycles. The van der Waals surface area contributed by atoms with Crippen LogP contribution in [0.5, 0.6) is 0 Å². The van der Waals surface area contributed by atoms with E-state index in [0.29, 0.717) is 17.3 Å². The molecule has 0 fully saturated rings. The molecule has 3 aromatic rings. The van der Waals surface area contributed by atoms with E-state index < -0.39 is 21.0 Å². The van der Waals surface area contributed by atoms with Crippen molar-refractivity contribution in [2.24, 2.45) is 0 Å². The average molecular weight is 432 g/mol. The molecule has 0 spiro atoms. The van der Waals surface area contributed by atoms with E-state index in [4.69, 9.17) is 9.73 Å². The van der Waals surface area contributed by atoms with Gasteiger partial charge in [0.25, 0.3) is 11.5 Å². The molecule has 0 saturated carbocycles. The third-order valence-electron chi connectivity index (χ3n) is 4.55. The quantitative estimate of drug-likeness (QED) is 0.418. The maximum Gasteiger partial charge on any atom is 0.261 e. The highest BCUT2D eigenvalue weighted by molar-refractivity contribution is 7.92. The summed E-state index contributed by atoms with van der Waals surface area (Å²) in [7, 11) is -3.74. The Morgan fingerprint density at radius 2 is 1.87 bits per heavy atom. The molecule has 3 rings (SSSR count). The van der Waals surface area contributed by atoms with E-state index in [1.807, 2.05) is 24.3 Å². The number of sulfone groups is 1. The van der Waals surface area contributed by atoms with Gasteiger partial charge in [0.1, 0.15) is 5.25 Å². The third kappa shape index (κ3) is 4.81. The third-order valence-corrected chi connectivity index (χ3v) is 6.04. The Bertz CT molecular complexity index is 1210. The van der Waals surface area contributed by atoms with Crippen molar-refractivity contribution >= 4 is 15.7 Å². The number of nitrogens with one attached hydrogen (secondary N) is 1. The number of benzene rings is 1. The summed E-state index contributed by atoms with van der Waals surface area (Å²) in [4.78, 5) is 28.2. The number of aryl methyl sites for hydroxylation is 2. The monoisotopic (exact) mass is 432 g/mol. The van der Waals surface area contributed by atoms with E-state index in [1.165, 1.54) is 22.3 Å². The Kier molecular flexibility index (Phi) is 6.13. The average Bonchev–Trinajstić information content (AvgIpc) is 3.14. The van der Waals surface area contributed by atoms with Crippen LogP contribution in [0.4, 0.5) is 0 Å². The van der Waals surface area contributed by atoms with Gasteiger partial charge in [0.05, 0.1) is 0 Å². The second-order valence-corrected chi connectivity index (χ2v) is 8.97. The summed E-state index contributed by atoms with van der Waals surface area (Å²) >= 11 is 0. The molecule has 1 amide bonds. The highest BCUT2D eigenvalue weighted by Crippen LogP contribution is 2.22. The van der Waals surface area contributed by atoms with E-state index >= 15 is 0 Å². The number of hydroxylamine groups is 1. The van der Waals surface area contributed by atoms with Crippen molar-refractivity contribution in [1.82, 2.24) is 20.2 Å². The van der Waals surface area contributed by atoms with Crippen LogP contribution in [-0.2, 0) is 21.2 Å². The van der Waals surface area contributed by atoms with Crippen LogP contribution < -0.4 is 11.0 Å². The van der Waals surface area contributed by atoms with E-state index in [9.17, 15) is 18.0 Å². The number of rotatable bonds is 7. The minimum Gasteiger partial charge on any atom is -0.339 e. The molecule has 0 aliphatic heterocycles. The lowest BCUT2D eigenvalue weighted by Crippen LogP contribution is -2.39. The van der Waals surface area contributed by atoms with Gasteiger partial charge in [-0.3, -0.25) is 14.8 Å². The van der Waals surface area contributed by atoms with Gasteiger partial charge in [0.2, 0.25) is 11.7 Å². The summed E-state index contributed by atoms with van der Waals surface area (Å²) in [6.45, 7) is 1.70. The first-order chi connectivity index (χ1) is 14.2. The lowest BCUT2D eigenvalue weighted by Gasteiger charge is -2.14. The minimum absolute atomic E-state index is 0.000384. The fraction of sp³-hybridized carbons (Fsp3) is 0.263. The summed E-state index contributed by atoms with van der Waals surface area (Å²) < 4.78 is 29.7. The summed E-state index contributed by atoms with van der Waals surface area (Å²) in [5, 5.41) is 11.1. The largest absolute Gasteiger partial charge is 0.339 e. The molecular weight excluding hydrogens is 412 g/mol.